The number of fused-ring (bicyclic) bond motifs is 1. The van der Waals surface area contributed by atoms with Crippen molar-refractivity contribution in [2.75, 3.05) is 40.6 Å². The lowest BCUT2D eigenvalue weighted by atomic mass is 9.41. The third-order valence-electron chi connectivity index (χ3n) is 6.76. The van der Waals surface area contributed by atoms with E-state index in [0.717, 1.165) is 0 Å². The van der Waals surface area contributed by atoms with Gasteiger partial charge in [0, 0.05) is 26.1 Å². The van der Waals surface area contributed by atoms with E-state index in [9.17, 15) is 20.1 Å². The average Bonchev–Trinajstić information content (AvgIpc) is 2.87. The molecule has 0 N–H and O–H groups in total. The fourth-order valence-corrected chi connectivity index (χ4v) is 5.41. The van der Waals surface area contributed by atoms with E-state index in [1.165, 1.54) is 14.2 Å². The molecule has 0 heterocycles. The highest BCUT2D eigenvalue weighted by molar-refractivity contribution is 5.98. The Labute approximate surface area is 197 Å². The number of esters is 2. The molecule has 3 aliphatic carbocycles. The molecule has 2 aromatic rings. The minimum Gasteiger partial charge on any atom is -0.462 e. The highest BCUT2D eigenvalue weighted by atomic mass is 16.6. The fraction of sp³-hybridized carbons (Fsp3) is 0.385. The second kappa shape index (κ2) is 9.26. The molecule has 2 aromatic carbocycles. The van der Waals surface area contributed by atoms with Crippen LogP contribution in [-0.4, -0.2) is 52.6 Å². The topological polar surface area (TPSA) is 119 Å². The van der Waals surface area contributed by atoms with Gasteiger partial charge in [-0.2, -0.15) is 10.5 Å². The highest BCUT2D eigenvalue weighted by Crippen LogP contribution is 2.70. The Morgan fingerprint density at radius 1 is 0.706 bits per heavy atom. The lowest BCUT2D eigenvalue weighted by Crippen LogP contribution is -2.63. The van der Waals surface area contributed by atoms with Crippen molar-refractivity contribution in [3.63, 3.8) is 0 Å². The molecule has 2 unspecified atom stereocenters. The molecular formula is C26H24N2O6. The van der Waals surface area contributed by atoms with Crippen molar-refractivity contribution in [3.8, 4) is 12.1 Å². The maximum atomic E-state index is 13.8. The Bertz CT molecular complexity index is 1060. The average molecular weight is 460 g/mol. The Morgan fingerprint density at radius 2 is 1.03 bits per heavy atom. The van der Waals surface area contributed by atoms with E-state index in [2.05, 4.69) is 12.1 Å². The van der Waals surface area contributed by atoms with Crippen LogP contribution in [0.2, 0.25) is 0 Å². The van der Waals surface area contributed by atoms with E-state index in [-0.39, 0.29) is 26.4 Å². The summed E-state index contributed by atoms with van der Waals surface area (Å²) in [6.45, 7) is -0.0436. The van der Waals surface area contributed by atoms with Gasteiger partial charge in [0.05, 0.1) is 25.4 Å². The number of hydrogen-bond donors (Lipinski definition) is 0. The van der Waals surface area contributed by atoms with Crippen molar-refractivity contribution in [1.82, 2.24) is 0 Å². The molecule has 0 spiro atoms. The van der Waals surface area contributed by atoms with Crippen molar-refractivity contribution < 1.29 is 28.5 Å². The molecule has 2 atom stereocenters. The van der Waals surface area contributed by atoms with Crippen LogP contribution < -0.4 is 0 Å². The van der Waals surface area contributed by atoms with Gasteiger partial charge in [0.15, 0.2) is 10.8 Å². The molecule has 2 bridgehead atoms. The lowest BCUT2D eigenvalue weighted by molar-refractivity contribution is -0.177. The van der Waals surface area contributed by atoms with Crippen LogP contribution in [0.4, 0.5) is 0 Å². The molecule has 0 saturated carbocycles. The first-order valence-electron chi connectivity index (χ1n) is 10.9. The van der Waals surface area contributed by atoms with Gasteiger partial charge in [0.25, 0.3) is 0 Å². The number of hydrogen-bond acceptors (Lipinski definition) is 8. The number of carbonyl (C=O) groups excluding carboxylic acids is 2. The Morgan fingerprint density at radius 3 is 1.29 bits per heavy atom. The van der Waals surface area contributed by atoms with Crippen LogP contribution in [0.1, 0.15) is 34.1 Å². The normalized spacial score (nSPS) is 25.9. The van der Waals surface area contributed by atoms with Crippen molar-refractivity contribution >= 4 is 11.9 Å². The van der Waals surface area contributed by atoms with Gasteiger partial charge in [-0.3, -0.25) is 9.59 Å². The van der Waals surface area contributed by atoms with Crippen LogP contribution in [0.5, 0.6) is 0 Å². The Balaban J connectivity index is 2.03. The molecule has 5 rings (SSSR count). The monoisotopic (exact) mass is 460 g/mol. The fourth-order valence-electron chi connectivity index (χ4n) is 5.41. The summed E-state index contributed by atoms with van der Waals surface area (Å²) >= 11 is 0. The summed E-state index contributed by atoms with van der Waals surface area (Å²) in [5.74, 6) is -3.70. The summed E-state index contributed by atoms with van der Waals surface area (Å²) < 4.78 is 20.9. The van der Waals surface area contributed by atoms with E-state index >= 15 is 0 Å². The molecular weight excluding hydrogens is 436 g/mol. The minimum absolute atomic E-state index is 0.104. The largest absolute Gasteiger partial charge is 0.462 e. The number of benzene rings is 2. The molecule has 0 aromatic heterocycles. The summed E-state index contributed by atoms with van der Waals surface area (Å²) in [6, 6.07) is 18.8. The van der Waals surface area contributed by atoms with Crippen LogP contribution >= 0.6 is 0 Å². The predicted octanol–water partition coefficient (Wildman–Crippen LogP) is 2.68. The van der Waals surface area contributed by atoms with Gasteiger partial charge in [-0.25, -0.2) is 0 Å². The molecule has 3 aliphatic rings. The van der Waals surface area contributed by atoms with E-state index in [0.29, 0.717) is 22.3 Å². The molecule has 8 heteroatoms. The van der Waals surface area contributed by atoms with Crippen molar-refractivity contribution in [1.29, 1.82) is 10.5 Å². The molecule has 8 nitrogen and oxygen atoms in total. The van der Waals surface area contributed by atoms with Crippen molar-refractivity contribution in [3.05, 3.63) is 70.8 Å². The van der Waals surface area contributed by atoms with Crippen molar-refractivity contribution in [2.24, 2.45) is 10.8 Å². The standard InChI is InChI=1S/C26H24N2O6/c1-31-11-13-33-23(29)25(15-27)21-17-7-3-5-9-19(17)22(20-10-6-4-8-18(20)21)26(25,16-28)24(30)34-14-12-32-2/h3-10,21-22H,11-14H2,1-2H3. The van der Waals surface area contributed by atoms with E-state index < -0.39 is 34.6 Å². The molecule has 0 aliphatic heterocycles. The SMILES string of the molecule is COCCOC(=O)C1(C#N)C2c3ccccc3C(c3ccccc32)C1(C#N)C(=O)OCCOC. The first-order chi connectivity index (χ1) is 16.5. The second-order valence-electron chi connectivity index (χ2n) is 8.22. The quantitative estimate of drug-likeness (QED) is 0.436. The van der Waals surface area contributed by atoms with E-state index in [1.807, 2.05) is 48.5 Å². The molecule has 0 radical (unpaired) electrons. The van der Waals surface area contributed by atoms with Crippen LogP contribution in [0.3, 0.4) is 0 Å². The summed E-state index contributed by atoms with van der Waals surface area (Å²) in [5, 5.41) is 21.3. The van der Waals surface area contributed by atoms with Gasteiger partial charge >= 0.3 is 11.9 Å². The Kier molecular flexibility index (Phi) is 6.39. The summed E-state index contributed by atoms with van der Waals surface area (Å²) in [5.41, 5.74) is -1.49. The van der Waals surface area contributed by atoms with Gasteiger partial charge in [-0.05, 0) is 22.3 Å². The summed E-state index contributed by atoms with van der Waals surface area (Å²) in [6.07, 6.45) is 0. The number of nitrogens with zero attached hydrogens (tertiary/aromatic N) is 2. The molecule has 0 saturated heterocycles. The molecule has 34 heavy (non-hydrogen) atoms. The zero-order valence-electron chi connectivity index (χ0n) is 18.9. The number of nitriles is 2. The van der Waals surface area contributed by atoms with Crippen molar-refractivity contribution in [2.45, 2.75) is 11.8 Å². The van der Waals surface area contributed by atoms with Gasteiger partial charge in [0.2, 0.25) is 0 Å². The molecule has 174 valence electrons. The maximum Gasteiger partial charge on any atom is 0.329 e. The lowest BCUT2D eigenvalue weighted by Gasteiger charge is -2.55. The van der Waals surface area contributed by atoms with Gasteiger partial charge in [-0.15, -0.1) is 0 Å². The second-order valence-corrected chi connectivity index (χ2v) is 8.22. The Hall–Kier alpha value is -3.72. The van der Waals surface area contributed by atoms with Gasteiger partial charge in [0.1, 0.15) is 13.2 Å². The molecule has 0 amide bonds. The summed E-state index contributed by atoms with van der Waals surface area (Å²) in [4.78, 5) is 27.5. The first kappa shape index (κ1) is 23.4. The zero-order valence-corrected chi connectivity index (χ0v) is 18.9. The predicted molar refractivity (Wildman–Crippen MR) is 118 cm³/mol. The zero-order chi connectivity index (χ0) is 24.3. The van der Waals surface area contributed by atoms with Crippen LogP contribution in [0.15, 0.2) is 48.5 Å². The van der Waals surface area contributed by atoms with Gasteiger partial charge < -0.3 is 18.9 Å². The van der Waals surface area contributed by atoms with Gasteiger partial charge in [-0.1, -0.05) is 48.5 Å². The third kappa shape index (κ3) is 3.03. The third-order valence-corrected chi connectivity index (χ3v) is 6.76. The number of methoxy groups -OCH3 is 2. The van der Waals surface area contributed by atoms with Crippen LogP contribution in [-0.2, 0) is 28.5 Å². The minimum atomic E-state index is -2.17. The van der Waals surface area contributed by atoms with Crippen LogP contribution in [0, 0.1) is 33.5 Å². The van der Waals surface area contributed by atoms with E-state index in [4.69, 9.17) is 18.9 Å². The van der Waals surface area contributed by atoms with Crippen LogP contribution in [0.25, 0.3) is 0 Å². The smallest absolute Gasteiger partial charge is 0.329 e. The number of rotatable bonds is 8. The molecule has 0 fully saturated rings. The van der Waals surface area contributed by atoms with E-state index in [1.54, 1.807) is 0 Å². The summed E-state index contributed by atoms with van der Waals surface area (Å²) in [7, 11) is 2.91. The number of ether oxygens (including phenoxy) is 4. The first-order valence-corrected chi connectivity index (χ1v) is 10.9. The number of carbonyl (C=O) groups is 2. The maximum absolute atomic E-state index is 13.8. The highest BCUT2D eigenvalue weighted by Gasteiger charge is 2.77.